The fraction of sp³-hybridized carbons (Fsp3) is 0.0638. The summed E-state index contributed by atoms with van der Waals surface area (Å²) in [4.78, 5) is 10.4. The van der Waals surface area contributed by atoms with Gasteiger partial charge in [0, 0.05) is 38.4 Å². The minimum atomic E-state index is -0.138. The Bertz CT molecular complexity index is 2770. The molecule has 0 fully saturated rings. The summed E-state index contributed by atoms with van der Waals surface area (Å²) in [6, 6.07) is 55.8. The summed E-state index contributed by atoms with van der Waals surface area (Å²) < 4.78 is 6.36. The van der Waals surface area contributed by atoms with Crippen LogP contribution >= 0.6 is 0 Å². The molecule has 0 spiro atoms. The van der Waals surface area contributed by atoms with Crippen molar-refractivity contribution < 1.29 is 4.42 Å². The Kier molecular flexibility index (Phi) is 6.22. The van der Waals surface area contributed by atoms with Crippen LogP contribution in [-0.4, -0.2) is 9.97 Å². The largest absolute Gasteiger partial charge is 0.455 e. The molecule has 0 amide bonds. The van der Waals surface area contributed by atoms with E-state index in [4.69, 9.17) is 14.4 Å². The van der Waals surface area contributed by atoms with Gasteiger partial charge in [0.1, 0.15) is 11.2 Å². The number of hydrogen-bond acceptors (Lipinski definition) is 3. The third-order valence-electron chi connectivity index (χ3n) is 10.5. The first kappa shape index (κ1) is 28.7. The highest BCUT2D eigenvalue weighted by molar-refractivity contribution is 6.09. The van der Waals surface area contributed by atoms with Crippen LogP contribution in [0.5, 0.6) is 0 Å². The van der Waals surface area contributed by atoms with Crippen molar-refractivity contribution >= 4 is 32.7 Å². The highest BCUT2D eigenvalue weighted by Gasteiger charge is 2.37. The number of benzene rings is 7. The number of furan rings is 1. The fourth-order valence-electron chi connectivity index (χ4n) is 7.93. The molecule has 0 aliphatic heterocycles. The maximum absolute atomic E-state index is 6.36. The van der Waals surface area contributed by atoms with Crippen molar-refractivity contribution in [3.63, 3.8) is 0 Å². The maximum atomic E-state index is 6.36. The molecule has 0 saturated heterocycles. The van der Waals surface area contributed by atoms with Gasteiger partial charge in [0.15, 0.2) is 5.82 Å². The molecule has 236 valence electrons. The van der Waals surface area contributed by atoms with Gasteiger partial charge in [-0.05, 0) is 62.9 Å². The van der Waals surface area contributed by atoms with Gasteiger partial charge in [-0.2, -0.15) is 0 Å². The molecule has 0 atom stereocenters. The fourth-order valence-corrected chi connectivity index (χ4v) is 7.93. The van der Waals surface area contributed by atoms with Gasteiger partial charge in [-0.1, -0.05) is 147 Å². The zero-order chi connectivity index (χ0) is 33.4. The standard InChI is InChI=1S/C47H32N2O/c1-47(2)39-20-11-19-37(44(39)38-26-32-14-6-7-15-33(32)27-40(38)47)42-28-41(48-46(49-42)31-12-4-3-5-13-31)30-24-22-29(23-25-30)34-17-10-18-36-35-16-8-9-21-43(35)50-45(34)36/h3-28H,1-2H3. The topological polar surface area (TPSA) is 38.9 Å². The van der Waals surface area contributed by atoms with Crippen LogP contribution in [0.1, 0.15) is 25.0 Å². The Morgan fingerprint density at radius 2 is 1.12 bits per heavy atom. The van der Waals surface area contributed by atoms with Crippen LogP contribution in [0.2, 0.25) is 0 Å². The van der Waals surface area contributed by atoms with Crippen molar-refractivity contribution in [3.05, 3.63) is 169 Å². The van der Waals surface area contributed by atoms with Gasteiger partial charge in [0.25, 0.3) is 0 Å². The average molecular weight is 641 g/mol. The number of para-hydroxylation sites is 2. The number of nitrogens with zero attached hydrogens (tertiary/aromatic N) is 2. The van der Waals surface area contributed by atoms with Crippen LogP contribution in [0.25, 0.3) is 88.9 Å². The summed E-state index contributed by atoms with van der Waals surface area (Å²) in [5, 5.41) is 4.78. The molecule has 7 aromatic carbocycles. The van der Waals surface area contributed by atoms with Gasteiger partial charge in [0.05, 0.1) is 11.4 Å². The molecule has 50 heavy (non-hydrogen) atoms. The number of hydrogen-bond donors (Lipinski definition) is 0. The summed E-state index contributed by atoms with van der Waals surface area (Å²) >= 11 is 0. The van der Waals surface area contributed by atoms with Gasteiger partial charge in [-0.15, -0.1) is 0 Å². The summed E-state index contributed by atoms with van der Waals surface area (Å²) in [5.74, 6) is 0.711. The van der Waals surface area contributed by atoms with Crippen LogP contribution < -0.4 is 0 Å². The highest BCUT2D eigenvalue weighted by atomic mass is 16.3. The molecule has 1 aliphatic carbocycles. The highest BCUT2D eigenvalue weighted by Crippen LogP contribution is 2.53. The lowest BCUT2D eigenvalue weighted by Crippen LogP contribution is -2.14. The van der Waals surface area contributed by atoms with E-state index in [2.05, 4.69) is 141 Å². The second-order valence-electron chi connectivity index (χ2n) is 13.8. The third-order valence-corrected chi connectivity index (χ3v) is 10.5. The molecule has 0 N–H and O–H groups in total. The SMILES string of the molecule is CC1(C)c2cc3ccccc3cc2-c2c(-c3cc(-c4ccc(-c5cccc6c5oc5ccccc56)cc4)nc(-c4ccccc4)n3)cccc21. The van der Waals surface area contributed by atoms with E-state index < -0.39 is 0 Å². The minimum Gasteiger partial charge on any atom is -0.455 e. The summed E-state index contributed by atoms with van der Waals surface area (Å²) in [5.41, 5.74) is 14.0. The molecule has 10 rings (SSSR count). The van der Waals surface area contributed by atoms with Gasteiger partial charge in [-0.3, -0.25) is 0 Å². The van der Waals surface area contributed by atoms with Gasteiger partial charge < -0.3 is 4.42 Å². The van der Waals surface area contributed by atoms with Gasteiger partial charge >= 0.3 is 0 Å². The summed E-state index contributed by atoms with van der Waals surface area (Å²) in [7, 11) is 0. The van der Waals surface area contributed by atoms with E-state index in [1.54, 1.807) is 0 Å². The smallest absolute Gasteiger partial charge is 0.160 e. The predicted octanol–water partition coefficient (Wildman–Crippen LogP) is 12.5. The van der Waals surface area contributed by atoms with Crippen molar-refractivity contribution in [2.75, 3.05) is 0 Å². The zero-order valence-corrected chi connectivity index (χ0v) is 27.8. The van der Waals surface area contributed by atoms with Crippen LogP contribution in [0.3, 0.4) is 0 Å². The molecular formula is C47H32N2O. The molecular weight excluding hydrogens is 609 g/mol. The van der Waals surface area contributed by atoms with Crippen LogP contribution in [-0.2, 0) is 5.41 Å². The molecule has 2 heterocycles. The lowest BCUT2D eigenvalue weighted by atomic mass is 9.81. The van der Waals surface area contributed by atoms with E-state index in [1.807, 2.05) is 30.3 Å². The summed E-state index contributed by atoms with van der Waals surface area (Å²) in [6.07, 6.45) is 0. The number of rotatable bonds is 4. The van der Waals surface area contributed by atoms with Gasteiger partial charge in [0.2, 0.25) is 0 Å². The quantitative estimate of drug-likeness (QED) is 0.192. The molecule has 0 unspecified atom stereocenters. The van der Waals surface area contributed by atoms with Crippen LogP contribution in [0.4, 0.5) is 0 Å². The predicted molar refractivity (Wildman–Crippen MR) is 206 cm³/mol. The van der Waals surface area contributed by atoms with Crippen molar-refractivity contribution in [2.24, 2.45) is 0 Å². The van der Waals surface area contributed by atoms with Crippen molar-refractivity contribution in [2.45, 2.75) is 19.3 Å². The number of aromatic nitrogens is 2. The Morgan fingerprint density at radius 3 is 1.96 bits per heavy atom. The molecule has 3 heteroatoms. The third kappa shape index (κ3) is 4.37. The molecule has 0 bridgehead atoms. The molecule has 9 aromatic rings. The number of fused-ring (bicyclic) bond motifs is 7. The molecule has 0 radical (unpaired) electrons. The second kappa shape index (κ2) is 10.8. The van der Waals surface area contributed by atoms with Crippen LogP contribution in [0, 0.1) is 0 Å². The molecule has 3 nitrogen and oxygen atoms in total. The monoisotopic (exact) mass is 640 g/mol. The zero-order valence-electron chi connectivity index (χ0n) is 27.8. The van der Waals surface area contributed by atoms with Crippen molar-refractivity contribution in [1.82, 2.24) is 9.97 Å². The first-order valence-electron chi connectivity index (χ1n) is 17.2. The maximum Gasteiger partial charge on any atom is 0.160 e. The van der Waals surface area contributed by atoms with Gasteiger partial charge in [-0.25, -0.2) is 9.97 Å². The van der Waals surface area contributed by atoms with E-state index in [0.29, 0.717) is 5.82 Å². The first-order valence-corrected chi connectivity index (χ1v) is 17.2. The lowest BCUT2D eigenvalue weighted by Gasteiger charge is -2.22. The van der Waals surface area contributed by atoms with E-state index >= 15 is 0 Å². The average Bonchev–Trinajstić information content (AvgIpc) is 3.66. The first-order chi connectivity index (χ1) is 24.5. The van der Waals surface area contributed by atoms with Crippen molar-refractivity contribution in [1.29, 1.82) is 0 Å². The van der Waals surface area contributed by atoms with E-state index in [0.717, 1.165) is 61.1 Å². The van der Waals surface area contributed by atoms with E-state index in [9.17, 15) is 0 Å². The Morgan fingerprint density at radius 1 is 0.460 bits per heavy atom. The molecule has 2 aromatic heterocycles. The molecule has 1 aliphatic rings. The Hall–Kier alpha value is -6.32. The minimum absolute atomic E-state index is 0.138. The van der Waals surface area contributed by atoms with Crippen LogP contribution in [0.15, 0.2) is 162 Å². The summed E-state index contributed by atoms with van der Waals surface area (Å²) in [6.45, 7) is 4.68. The van der Waals surface area contributed by atoms with E-state index in [-0.39, 0.29) is 5.41 Å². The van der Waals surface area contributed by atoms with Crippen molar-refractivity contribution in [3.8, 4) is 56.2 Å². The Labute approximate surface area is 290 Å². The second-order valence-corrected chi connectivity index (χ2v) is 13.8. The normalized spacial score (nSPS) is 13.2. The Balaban J connectivity index is 1.14. The molecule has 0 saturated carbocycles. The van der Waals surface area contributed by atoms with E-state index in [1.165, 1.54) is 33.0 Å². The lowest BCUT2D eigenvalue weighted by molar-refractivity contribution is 0.661.